The van der Waals surface area contributed by atoms with Gasteiger partial charge < -0.3 is 19.2 Å². The summed E-state index contributed by atoms with van der Waals surface area (Å²) in [7, 11) is 0. The summed E-state index contributed by atoms with van der Waals surface area (Å²) in [6.45, 7) is 15.6. The molecule has 5 aromatic rings. The molecule has 3 aromatic heterocycles. The standard InChI is InChI=1S/C36H41ClFN5O4/c1-9-45-35(44)33(47-36(6,7)8)30-20(5)39-29-17-28(34-40-26-13-10-21(37)15-27(26)41-34)42-43(29)31(30)24-16-25(38)32-23(19(24)4)12-11-22(46-32)14-18(2)3/h10,13,15-18,22,33H,9,11-12,14H2,1-8H3,(H,40,41). The number of esters is 1. The molecule has 6 rings (SSSR count). The fourth-order valence-corrected chi connectivity index (χ4v) is 6.57. The number of aromatic amines is 1. The van der Waals surface area contributed by atoms with E-state index in [0.717, 1.165) is 35.0 Å². The van der Waals surface area contributed by atoms with Gasteiger partial charge in [0, 0.05) is 33.5 Å². The van der Waals surface area contributed by atoms with Gasteiger partial charge in [0.1, 0.15) is 5.69 Å². The van der Waals surface area contributed by atoms with E-state index in [1.165, 1.54) is 6.07 Å². The highest BCUT2D eigenvalue weighted by Gasteiger charge is 2.36. The molecule has 2 aromatic carbocycles. The minimum atomic E-state index is -1.16. The number of nitrogens with one attached hydrogen (secondary N) is 1. The van der Waals surface area contributed by atoms with Crippen LogP contribution in [0.4, 0.5) is 4.39 Å². The topological polar surface area (TPSA) is 104 Å². The number of benzene rings is 2. The molecule has 1 aliphatic heterocycles. The molecule has 2 unspecified atom stereocenters. The van der Waals surface area contributed by atoms with E-state index >= 15 is 4.39 Å². The molecular weight excluding hydrogens is 621 g/mol. The Bertz CT molecular complexity index is 1990. The zero-order valence-electron chi connectivity index (χ0n) is 28.1. The lowest BCUT2D eigenvalue weighted by atomic mass is 9.88. The first-order chi connectivity index (χ1) is 22.2. The number of carbonyl (C=O) groups excluding carboxylic acids is 1. The average molecular weight is 662 g/mol. The number of hydrogen-bond donors (Lipinski definition) is 1. The van der Waals surface area contributed by atoms with Crippen LogP contribution >= 0.6 is 11.6 Å². The number of halogens is 2. The Kier molecular flexibility index (Phi) is 8.78. The number of imidazole rings is 1. The summed E-state index contributed by atoms with van der Waals surface area (Å²) in [4.78, 5) is 26.5. The number of aromatic nitrogens is 5. The third-order valence-electron chi connectivity index (χ3n) is 8.36. The van der Waals surface area contributed by atoms with Crippen LogP contribution in [0.25, 0.3) is 39.5 Å². The first-order valence-electron chi connectivity index (χ1n) is 16.1. The van der Waals surface area contributed by atoms with Crippen molar-refractivity contribution in [2.24, 2.45) is 5.92 Å². The van der Waals surface area contributed by atoms with Gasteiger partial charge in [-0.25, -0.2) is 23.7 Å². The number of rotatable bonds is 8. The summed E-state index contributed by atoms with van der Waals surface area (Å²) < 4.78 is 36.0. The lowest BCUT2D eigenvalue weighted by Gasteiger charge is -2.31. The van der Waals surface area contributed by atoms with Gasteiger partial charge in [-0.3, -0.25) is 0 Å². The maximum Gasteiger partial charge on any atom is 0.340 e. The third kappa shape index (κ3) is 6.45. The third-order valence-corrected chi connectivity index (χ3v) is 8.59. The van der Waals surface area contributed by atoms with E-state index in [4.69, 9.17) is 40.9 Å². The molecule has 0 saturated carbocycles. The maximum atomic E-state index is 16.2. The zero-order chi connectivity index (χ0) is 33.8. The Morgan fingerprint density at radius 1 is 1.19 bits per heavy atom. The van der Waals surface area contributed by atoms with Gasteiger partial charge in [0.2, 0.25) is 0 Å². The van der Waals surface area contributed by atoms with Crippen molar-refractivity contribution in [1.29, 1.82) is 0 Å². The molecule has 0 fully saturated rings. The predicted molar refractivity (Wildman–Crippen MR) is 180 cm³/mol. The first-order valence-corrected chi connectivity index (χ1v) is 16.5. The second kappa shape index (κ2) is 12.5. The van der Waals surface area contributed by atoms with E-state index in [2.05, 4.69) is 18.8 Å². The molecular formula is C36H41ClFN5O4. The van der Waals surface area contributed by atoms with Crippen molar-refractivity contribution in [3.63, 3.8) is 0 Å². The molecule has 0 radical (unpaired) electrons. The second-order valence-corrected chi connectivity index (χ2v) is 14.1. The normalized spacial score (nSPS) is 15.7. The molecule has 0 amide bonds. The van der Waals surface area contributed by atoms with Gasteiger partial charge in [0.25, 0.3) is 0 Å². The van der Waals surface area contributed by atoms with Crippen molar-refractivity contribution in [2.75, 3.05) is 6.61 Å². The van der Waals surface area contributed by atoms with Crippen LogP contribution in [0.15, 0.2) is 30.3 Å². The molecule has 248 valence electrons. The van der Waals surface area contributed by atoms with Crippen LogP contribution in [0.2, 0.25) is 5.02 Å². The Morgan fingerprint density at radius 2 is 1.96 bits per heavy atom. The van der Waals surface area contributed by atoms with Crippen LogP contribution in [0.3, 0.4) is 0 Å². The van der Waals surface area contributed by atoms with Crippen LogP contribution in [0.5, 0.6) is 5.75 Å². The van der Waals surface area contributed by atoms with Gasteiger partial charge in [0.15, 0.2) is 29.1 Å². The molecule has 0 bridgehead atoms. The lowest BCUT2D eigenvalue weighted by molar-refractivity contribution is -0.166. The monoisotopic (exact) mass is 661 g/mol. The number of fused-ring (bicyclic) bond motifs is 3. The first kappa shape index (κ1) is 32.9. The number of aryl methyl sites for hydroxylation is 1. The van der Waals surface area contributed by atoms with Crippen LogP contribution in [-0.2, 0) is 20.7 Å². The highest BCUT2D eigenvalue weighted by atomic mass is 35.5. The van der Waals surface area contributed by atoms with E-state index in [0.29, 0.717) is 62.8 Å². The molecule has 1 N–H and O–H groups in total. The number of H-pyrrole nitrogens is 1. The predicted octanol–water partition coefficient (Wildman–Crippen LogP) is 8.51. The minimum Gasteiger partial charge on any atom is -0.487 e. The SMILES string of the molecule is CCOC(=O)C(OC(C)(C)C)c1c(C)nc2cc(-c3nc4ccc(Cl)cc4[nH]3)nn2c1-c1cc(F)c2c(c1C)CCC(CC(C)C)O2. The molecule has 4 heterocycles. The minimum absolute atomic E-state index is 0.0477. The van der Waals surface area contributed by atoms with Crippen molar-refractivity contribution in [1.82, 2.24) is 24.6 Å². The van der Waals surface area contributed by atoms with Gasteiger partial charge in [-0.1, -0.05) is 25.4 Å². The van der Waals surface area contributed by atoms with Gasteiger partial charge in [-0.2, -0.15) is 5.10 Å². The Balaban J connectivity index is 1.61. The van der Waals surface area contributed by atoms with Gasteiger partial charge in [-0.05, 0) is 96.6 Å². The largest absolute Gasteiger partial charge is 0.487 e. The van der Waals surface area contributed by atoms with Crippen molar-refractivity contribution in [3.05, 3.63) is 63.6 Å². The fourth-order valence-electron chi connectivity index (χ4n) is 6.40. The van der Waals surface area contributed by atoms with Crippen molar-refractivity contribution >= 4 is 34.3 Å². The highest BCUT2D eigenvalue weighted by Crippen LogP contribution is 2.43. The molecule has 11 heteroatoms. The molecule has 9 nitrogen and oxygen atoms in total. The van der Waals surface area contributed by atoms with Crippen LogP contribution in [-0.4, -0.2) is 48.8 Å². The number of ether oxygens (including phenoxy) is 3. The van der Waals surface area contributed by atoms with Gasteiger partial charge >= 0.3 is 5.97 Å². The van der Waals surface area contributed by atoms with Gasteiger partial charge in [0.05, 0.1) is 35.0 Å². The van der Waals surface area contributed by atoms with Crippen molar-refractivity contribution in [3.8, 4) is 28.5 Å². The molecule has 1 aliphatic rings. The Morgan fingerprint density at radius 3 is 2.66 bits per heavy atom. The van der Waals surface area contributed by atoms with E-state index in [9.17, 15) is 4.79 Å². The molecule has 2 atom stereocenters. The van der Waals surface area contributed by atoms with E-state index in [1.54, 1.807) is 23.6 Å². The van der Waals surface area contributed by atoms with E-state index < -0.39 is 23.5 Å². The van der Waals surface area contributed by atoms with Crippen LogP contribution < -0.4 is 4.74 Å². The quantitative estimate of drug-likeness (QED) is 0.166. The molecule has 0 saturated heterocycles. The van der Waals surface area contributed by atoms with E-state index in [1.807, 2.05) is 46.8 Å². The summed E-state index contributed by atoms with van der Waals surface area (Å²) >= 11 is 6.23. The Labute approximate surface area is 278 Å². The van der Waals surface area contributed by atoms with E-state index in [-0.39, 0.29) is 12.7 Å². The molecule has 47 heavy (non-hydrogen) atoms. The molecule has 0 aliphatic carbocycles. The van der Waals surface area contributed by atoms with Gasteiger partial charge in [-0.15, -0.1) is 0 Å². The maximum absolute atomic E-state index is 16.2. The summed E-state index contributed by atoms with van der Waals surface area (Å²) in [6.07, 6.45) is 1.09. The smallest absolute Gasteiger partial charge is 0.340 e. The fraction of sp³-hybridized carbons (Fsp3) is 0.444. The van der Waals surface area contributed by atoms with Crippen LogP contribution in [0.1, 0.15) is 82.9 Å². The lowest BCUT2D eigenvalue weighted by Crippen LogP contribution is -2.30. The van der Waals surface area contributed by atoms with Crippen LogP contribution in [0, 0.1) is 25.6 Å². The number of hydrogen-bond acceptors (Lipinski definition) is 7. The number of nitrogens with zero attached hydrogens (tertiary/aromatic N) is 4. The summed E-state index contributed by atoms with van der Waals surface area (Å²) in [5, 5.41) is 5.54. The highest BCUT2D eigenvalue weighted by molar-refractivity contribution is 6.31. The zero-order valence-corrected chi connectivity index (χ0v) is 28.9. The summed E-state index contributed by atoms with van der Waals surface area (Å²) in [6, 6.07) is 8.71. The second-order valence-electron chi connectivity index (χ2n) is 13.6. The molecule has 0 spiro atoms. The summed E-state index contributed by atoms with van der Waals surface area (Å²) in [5.74, 6) is 0.213. The summed E-state index contributed by atoms with van der Waals surface area (Å²) in [5.41, 5.74) is 5.47. The average Bonchev–Trinajstić information content (AvgIpc) is 3.60. The Hall–Kier alpha value is -4.02. The van der Waals surface area contributed by atoms with Crippen molar-refractivity contribution < 1.29 is 23.4 Å². The van der Waals surface area contributed by atoms with Crippen molar-refractivity contribution in [2.45, 2.75) is 92.5 Å². The number of carbonyl (C=O) groups is 1.